The first kappa shape index (κ1) is 32.5. The standard InChI is InChI=1S/C31H47N3O4S/c1-12-38-29(37)20(4)17-23(19(2)3)34(11)28(36)26(30(5,6)7)33-27(35)25(32-10)31(8,9)22-18-39-24-16-14-13-15-21(22)24/h13-19,23,25-26,32H,12H2,1-11H3,(H,33,35)/t23-,25-,26-/m1/s1. The van der Waals surface area contributed by atoms with Crippen LogP contribution in [-0.4, -0.2) is 61.5 Å². The van der Waals surface area contributed by atoms with E-state index in [9.17, 15) is 14.4 Å². The summed E-state index contributed by atoms with van der Waals surface area (Å²) in [6.45, 7) is 17.7. The Balaban J connectivity index is 2.38. The molecule has 3 atom stereocenters. The van der Waals surface area contributed by atoms with Crippen molar-refractivity contribution in [1.29, 1.82) is 0 Å². The highest BCUT2D eigenvalue weighted by Crippen LogP contribution is 2.37. The van der Waals surface area contributed by atoms with Crippen LogP contribution in [0.4, 0.5) is 0 Å². The highest BCUT2D eigenvalue weighted by molar-refractivity contribution is 7.17. The summed E-state index contributed by atoms with van der Waals surface area (Å²) in [5, 5.41) is 9.56. The molecule has 8 heteroatoms. The molecular formula is C31H47N3O4S. The molecule has 2 rings (SSSR count). The summed E-state index contributed by atoms with van der Waals surface area (Å²) < 4.78 is 6.31. The van der Waals surface area contributed by atoms with Gasteiger partial charge in [-0.2, -0.15) is 0 Å². The molecule has 0 aliphatic carbocycles. The van der Waals surface area contributed by atoms with Crippen molar-refractivity contribution in [2.75, 3.05) is 20.7 Å². The van der Waals surface area contributed by atoms with Gasteiger partial charge in [0.1, 0.15) is 6.04 Å². The number of carbonyl (C=O) groups excluding carboxylic acids is 3. The van der Waals surface area contributed by atoms with Gasteiger partial charge < -0.3 is 20.3 Å². The van der Waals surface area contributed by atoms with E-state index in [0.717, 1.165) is 10.9 Å². The molecule has 2 amide bonds. The first-order chi connectivity index (χ1) is 18.1. The smallest absolute Gasteiger partial charge is 0.333 e. The topological polar surface area (TPSA) is 87.7 Å². The van der Waals surface area contributed by atoms with Crippen LogP contribution in [0.1, 0.15) is 67.9 Å². The monoisotopic (exact) mass is 557 g/mol. The van der Waals surface area contributed by atoms with Crippen LogP contribution in [0.25, 0.3) is 10.1 Å². The molecule has 0 spiro atoms. The number of hydrogen-bond acceptors (Lipinski definition) is 6. The normalized spacial score (nSPS) is 15.1. The average molecular weight is 558 g/mol. The summed E-state index contributed by atoms with van der Waals surface area (Å²) in [6.07, 6.45) is 1.78. The van der Waals surface area contributed by atoms with Gasteiger partial charge in [-0.25, -0.2) is 4.79 Å². The van der Waals surface area contributed by atoms with Crippen molar-refractivity contribution >= 4 is 39.2 Å². The number of likely N-dealkylation sites (N-methyl/N-ethyl adjacent to an activating group) is 2. The Morgan fingerprint density at radius 3 is 2.23 bits per heavy atom. The minimum atomic E-state index is -0.779. The molecule has 7 nitrogen and oxygen atoms in total. The van der Waals surface area contributed by atoms with E-state index in [1.807, 2.05) is 46.8 Å². The van der Waals surface area contributed by atoms with Gasteiger partial charge in [0.25, 0.3) is 0 Å². The fraction of sp³-hybridized carbons (Fsp3) is 0.581. The third-order valence-corrected chi connectivity index (χ3v) is 8.31. The van der Waals surface area contributed by atoms with Gasteiger partial charge in [-0.1, -0.05) is 72.7 Å². The lowest BCUT2D eigenvalue weighted by atomic mass is 9.76. The van der Waals surface area contributed by atoms with E-state index in [-0.39, 0.29) is 30.4 Å². The lowest BCUT2D eigenvalue weighted by molar-refractivity contribution is -0.141. The summed E-state index contributed by atoms with van der Waals surface area (Å²) in [4.78, 5) is 41.7. The predicted molar refractivity (Wildman–Crippen MR) is 161 cm³/mol. The van der Waals surface area contributed by atoms with Crippen LogP contribution >= 0.6 is 11.3 Å². The number of ether oxygens (including phenoxy) is 1. The Labute approximate surface area is 238 Å². The van der Waals surface area contributed by atoms with Gasteiger partial charge >= 0.3 is 5.97 Å². The largest absolute Gasteiger partial charge is 0.463 e. The summed E-state index contributed by atoms with van der Waals surface area (Å²) >= 11 is 1.66. The Morgan fingerprint density at radius 1 is 1.08 bits per heavy atom. The van der Waals surface area contributed by atoms with Crippen molar-refractivity contribution in [3.8, 4) is 0 Å². The number of thiophene rings is 1. The van der Waals surface area contributed by atoms with Crippen LogP contribution < -0.4 is 10.6 Å². The fourth-order valence-electron chi connectivity index (χ4n) is 5.00. The van der Waals surface area contributed by atoms with Gasteiger partial charge in [0.05, 0.1) is 18.7 Å². The molecule has 0 unspecified atom stereocenters. The quantitative estimate of drug-likeness (QED) is 0.290. The molecule has 0 fully saturated rings. The van der Waals surface area contributed by atoms with Crippen molar-refractivity contribution in [3.63, 3.8) is 0 Å². The average Bonchev–Trinajstić information content (AvgIpc) is 3.29. The predicted octanol–water partition coefficient (Wildman–Crippen LogP) is 5.29. The number of nitrogens with one attached hydrogen (secondary N) is 2. The maximum absolute atomic E-state index is 14.0. The number of esters is 1. The van der Waals surface area contributed by atoms with E-state index in [2.05, 4.69) is 42.0 Å². The zero-order valence-corrected chi connectivity index (χ0v) is 26.3. The molecule has 0 bridgehead atoms. The highest BCUT2D eigenvalue weighted by atomic mass is 32.1. The Bertz CT molecular complexity index is 1190. The zero-order chi connectivity index (χ0) is 29.7. The van der Waals surface area contributed by atoms with Gasteiger partial charge in [0.2, 0.25) is 11.8 Å². The number of amides is 2. The Morgan fingerprint density at radius 2 is 1.69 bits per heavy atom. The van der Waals surface area contributed by atoms with Gasteiger partial charge in [-0.3, -0.25) is 9.59 Å². The second-order valence-electron chi connectivity index (χ2n) is 12.2. The first-order valence-electron chi connectivity index (χ1n) is 13.6. The highest BCUT2D eigenvalue weighted by Gasteiger charge is 2.42. The van der Waals surface area contributed by atoms with Crippen LogP contribution in [-0.2, 0) is 24.5 Å². The van der Waals surface area contributed by atoms with Gasteiger partial charge in [-0.15, -0.1) is 11.3 Å². The minimum Gasteiger partial charge on any atom is -0.463 e. The number of carbonyl (C=O) groups is 3. The Kier molecular flexibility index (Phi) is 10.9. The lowest BCUT2D eigenvalue weighted by Crippen LogP contribution is -2.61. The van der Waals surface area contributed by atoms with Crippen molar-refractivity contribution in [3.05, 3.63) is 46.9 Å². The molecular weight excluding hydrogens is 510 g/mol. The maximum atomic E-state index is 14.0. The van der Waals surface area contributed by atoms with Crippen molar-refractivity contribution in [2.24, 2.45) is 11.3 Å². The summed E-state index contributed by atoms with van der Waals surface area (Å²) in [5.74, 6) is -0.810. The summed E-state index contributed by atoms with van der Waals surface area (Å²) in [7, 11) is 3.50. The van der Waals surface area contributed by atoms with E-state index < -0.39 is 28.9 Å². The van der Waals surface area contributed by atoms with Crippen molar-refractivity contribution in [1.82, 2.24) is 15.5 Å². The molecule has 0 aliphatic rings. The third kappa shape index (κ3) is 7.48. The number of fused-ring (bicyclic) bond motifs is 1. The van der Waals surface area contributed by atoms with Crippen LogP contribution in [0.5, 0.6) is 0 Å². The SMILES string of the molecule is CCOC(=O)C(C)=C[C@H](C(C)C)N(C)C(=O)[C@@H](NC(=O)[C@@H](NC)C(C)(C)c1csc2ccccc12)C(C)(C)C. The summed E-state index contributed by atoms with van der Waals surface area (Å²) in [6, 6.07) is 6.49. The lowest BCUT2D eigenvalue weighted by Gasteiger charge is -2.39. The second kappa shape index (κ2) is 13.1. The Hall–Kier alpha value is -2.71. The molecule has 1 heterocycles. The number of rotatable bonds is 11. The second-order valence-corrected chi connectivity index (χ2v) is 13.1. The molecule has 1 aromatic heterocycles. The van der Waals surface area contributed by atoms with Crippen LogP contribution in [0.15, 0.2) is 41.3 Å². The molecule has 0 radical (unpaired) electrons. The zero-order valence-electron chi connectivity index (χ0n) is 25.5. The first-order valence-corrected chi connectivity index (χ1v) is 14.5. The molecule has 0 saturated carbocycles. The van der Waals surface area contributed by atoms with Crippen LogP contribution in [0.2, 0.25) is 0 Å². The van der Waals surface area contributed by atoms with E-state index in [4.69, 9.17) is 4.74 Å². The molecule has 216 valence electrons. The molecule has 1 aromatic carbocycles. The molecule has 0 saturated heterocycles. The number of nitrogens with zero attached hydrogens (tertiary/aromatic N) is 1. The van der Waals surface area contributed by atoms with Gasteiger partial charge in [0.15, 0.2) is 0 Å². The van der Waals surface area contributed by atoms with Gasteiger partial charge in [0, 0.05) is 22.7 Å². The third-order valence-electron chi connectivity index (χ3n) is 7.34. The maximum Gasteiger partial charge on any atom is 0.333 e. The van der Waals surface area contributed by atoms with E-state index in [0.29, 0.717) is 5.57 Å². The minimum absolute atomic E-state index is 0.0375. The van der Waals surface area contributed by atoms with E-state index in [1.54, 1.807) is 50.3 Å². The molecule has 2 N–H and O–H groups in total. The van der Waals surface area contributed by atoms with Crippen molar-refractivity contribution < 1.29 is 19.1 Å². The molecule has 2 aromatic rings. The van der Waals surface area contributed by atoms with Gasteiger partial charge in [-0.05, 0) is 54.6 Å². The van der Waals surface area contributed by atoms with Crippen LogP contribution in [0.3, 0.4) is 0 Å². The fourth-order valence-corrected chi connectivity index (χ4v) is 6.13. The van der Waals surface area contributed by atoms with E-state index in [1.165, 1.54) is 4.70 Å². The number of benzene rings is 1. The van der Waals surface area contributed by atoms with Crippen molar-refractivity contribution in [2.45, 2.75) is 85.9 Å². The molecule has 39 heavy (non-hydrogen) atoms. The molecule has 0 aliphatic heterocycles. The van der Waals surface area contributed by atoms with Crippen LogP contribution in [0, 0.1) is 11.3 Å². The summed E-state index contributed by atoms with van der Waals surface area (Å²) in [5.41, 5.74) is 0.440. The van der Waals surface area contributed by atoms with E-state index >= 15 is 0 Å². The number of hydrogen-bond donors (Lipinski definition) is 2.